The van der Waals surface area contributed by atoms with Crippen LogP contribution in [-0.2, 0) is 14.6 Å². The Balaban J connectivity index is 2.12. The predicted octanol–water partition coefficient (Wildman–Crippen LogP) is 2.18. The third-order valence-corrected chi connectivity index (χ3v) is 5.21. The summed E-state index contributed by atoms with van der Waals surface area (Å²) < 4.78 is 22.8. The van der Waals surface area contributed by atoms with Gasteiger partial charge < -0.3 is 5.32 Å². The predicted molar refractivity (Wildman–Crippen MR) is 75.9 cm³/mol. The number of rotatable bonds is 3. The van der Waals surface area contributed by atoms with Crippen LogP contribution in [0.2, 0.25) is 0 Å². The highest BCUT2D eigenvalue weighted by Crippen LogP contribution is 2.26. The van der Waals surface area contributed by atoms with Gasteiger partial charge in [0.25, 0.3) is 0 Å². The number of nitrogens with one attached hydrogen (secondary N) is 1. The molecule has 0 bridgehead atoms. The van der Waals surface area contributed by atoms with E-state index in [0.717, 1.165) is 11.3 Å². The molecule has 1 fully saturated rings. The zero-order chi connectivity index (χ0) is 14.0. The highest BCUT2D eigenvalue weighted by atomic mass is 32.2. The van der Waals surface area contributed by atoms with Crippen LogP contribution in [-0.4, -0.2) is 25.8 Å². The van der Waals surface area contributed by atoms with Crippen molar-refractivity contribution in [2.75, 3.05) is 16.8 Å². The summed E-state index contributed by atoms with van der Waals surface area (Å²) in [5.74, 6) is -0.192. The second-order valence-corrected chi connectivity index (χ2v) is 7.56. The highest BCUT2D eigenvalue weighted by Gasteiger charge is 2.33. The molecular formula is C14H19NO3S. The van der Waals surface area contributed by atoms with E-state index in [1.54, 1.807) is 0 Å². The number of anilines is 1. The van der Waals surface area contributed by atoms with Crippen molar-refractivity contribution in [2.45, 2.75) is 26.2 Å². The van der Waals surface area contributed by atoms with Gasteiger partial charge in [0, 0.05) is 5.69 Å². The van der Waals surface area contributed by atoms with E-state index in [2.05, 4.69) is 19.2 Å². The second kappa shape index (κ2) is 5.33. The fourth-order valence-electron chi connectivity index (χ4n) is 2.35. The second-order valence-electron chi connectivity index (χ2n) is 5.33. The Labute approximate surface area is 114 Å². The Bertz CT molecular complexity index is 578. The van der Waals surface area contributed by atoms with E-state index >= 15 is 0 Å². The average Bonchev–Trinajstić information content (AvgIpc) is 2.70. The number of hydrogen-bond donors (Lipinski definition) is 1. The summed E-state index contributed by atoms with van der Waals surface area (Å²) in [6.45, 7) is 4.12. The molecule has 1 aliphatic heterocycles. The quantitative estimate of drug-likeness (QED) is 0.923. The van der Waals surface area contributed by atoms with Crippen molar-refractivity contribution in [3.8, 4) is 0 Å². The molecule has 1 aromatic carbocycles. The summed E-state index contributed by atoms with van der Waals surface area (Å²) in [6.07, 6.45) is 0.429. The minimum atomic E-state index is -3.02. The van der Waals surface area contributed by atoms with Gasteiger partial charge in [-0.1, -0.05) is 32.0 Å². The first kappa shape index (κ1) is 14.1. The Kier molecular flexibility index (Phi) is 3.94. The van der Waals surface area contributed by atoms with Crippen molar-refractivity contribution >= 4 is 21.4 Å². The number of hydrogen-bond acceptors (Lipinski definition) is 3. The number of para-hydroxylation sites is 1. The third-order valence-electron chi connectivity index (χ3n) is 3.44. The van der Waals surface area contributed by atoms with Gasteiger partial charge >= 0.3 is 0 Å². The van der Waals surface area contributed by atoms with Gasteiger partial charge in [0.05, 0.1) is 17.4 Å². The van der Waals surface area contributed by atoms with E-state index in [0.29, 0.717) is 12.3 Å². The van der Waals surface area contributed by atoms with Crippen LogP contribution in [0.15, 0.2) is 24.3 Å². The van der Waals surface area contributed by atoms with Crippen LogP contribution < -0.4 is 5.32 Å². The normalized spacial score (nSPS) is 21.5. The van der Waals surface area contributed by atoms with E-state index in [9.17, 15) is 13.2 Å². The van der Waals surface area contributed by atoms with Crippen molar-refractivity contribution in [1.82, 2.24) is 0 Å². The van der Waals surface area contributed by atoms with Crippen LogP contribution >= 0.6 is 0 Å². The molecule has 1 heterocycles. The van der Waals surface area contributed by atoms with Crippen molar-refractivity contribution in [3.05, 3.63) is 29.8 Å². The first-order valence-corrected chi connectivity index (χ1v) is 8.31. The smallest absolute Gasteiger partial charge is 0.228 e. The van der Waals surface area contributed by atoms with E-state index in [4.69, 9.17) is 0 Å². The number of carbonyl (C=O) groups is 1. The van der Waals surface area contributed by atoms with Crippen molar-refractivity contribution in [1.29, 1.82) is 0 Å². The van der Waals surface area contributed by atoms with Gasteiger partial charge in [-0.3, -0.25) is 4.79 Å². The van der Waals surface area contributed by atoms with Gasteiger partial charge in [-0.05, 0) is 24.0 Å². The Morgan fingerprint density at radius 1 is 1.32 bits per heavy atom. The minimum Gasteiger partial charge on any atom is -0.326 e. The van der Waals surface area contributed by atoms with Gasteiger partial charge in [0.2, 0.25) is 5.91 Å². The molecular weight excluding hydrogens is 262 g/mol. The molecule has 0 aliphatic carbocycles. The molecule has 1 atom stereocenters. The fraction of sp³-hybridized carbons (Fsp3) is 0.500. The van der Waals surface area contributed by atoms with Crippen LogP contribution in [0.4, 0.5) is 5.69 Å². The Morgan fingerprint density at radius 3 is 2.58 bits per heavy atom. The molecule has 2 rings (SSSR count). The van der Waals surface area contributed by atoms with Gasteiger partial charge in [0.1, 0.15) is 0 Å². The first-order valence-electron chi connectivity index (χ1n) is 6.49. The van der Waals surface area contributed by atoms with Crippen molar-refractivity contribution < 1.29 is 13.2 Å². The van der Waals surface area contributed by atoms with Gasteiger partial charge in [-0.15, -0.1) is 0 Å². The molecule has 1 saturated heterocycles. The van der Waals surface area contributed by atoms with Crippen LogP contribution in [0.3, 0.4) is 0 Å². The molecule has 0 radical (unpaired) electrons. The van der Waals surface area contributed by atoms with E-state index in [-0.39, 0.29) is 17.4 Å². The molecule has 1 N–H and O–H groups in total. The topological polar surface area (TPSA) is 63.2 Å². The zero-order valence-corrected chi connectivity index (χ0v) is 12.0. The standard InChI is InChI=1S/C14H19NO3S/c1-10(2)12-5-3-4-6-13(12)15-14(16)11-7-8-19(17,18)9-11/h3-6,10-11H,7-9H2,1-2H3,(H,15,16)/t11-/m0/s1. The number of sulfone groups is 1. The van der Waals surface area contributed by atoms with Gasteiger partial charge in [-0.25, -0.2) is 8.42 Å². The van der Waals surface area contributed by atoms with Gasteiger partial charge in [-0.2, -0.15) is 0 Å². The largest absolute Gasteiger partial charge is 0.326 e. The van der Waals surface area contributed by atoms with Crippen LogP contribution in [0, 0.1) is 5.92 Å². The molecule has 5 heteroatoms. The molecule has 0 unspecified atom stereocenters. The van der Waals surface area contributed by atoms with E-state index < -0.39 is 15.8 Å². The SMILES string of the molecule is CC(C)c1ccccc1NC(=O)[C@H]1CCS(=O)(=O)C1. The summed E-state index contributed by atoms with van der Waals surface area (Å²) in [5.41, 5.74) is 1.85. The summed E-state index contributed by atoms with van der Waals surface area (Å²) >= 11 is 0. The zero-order valence-electron chi connectivity index (χ0n) is 11.2. The lowest BCUT2D eigenvalue weighted by Gasteiger charge is -2.15. The van der Waals surface area contributed by atoms with E-state index in [1.807, 2.05) is 24.3 Å². The Morgan fingerprint density at radius 2 is 2.00 bits per heavy atom. The molecule has 19 heavy (non-hydrogen) atoms. The van der Waals surface area contributed by atoms with Crippen molar-refractivity contribution in [3.63, 3.8) is 0 Å². The highest BCUT2D eigenvalue weighted by molar-refractivity contribution is 7.91. The summed E-state index contributed by atoms with van der Waals surface area (Å²) in [7, 11) is -3.02. The molecule has 1 aliphatic rings. The molecule has 1 aromatic rings. The molecule has 0 aromatic heterocycles. The lowest BCUT2D eigenvalue weighted by Crippen LogP contribution is -2.24. The molecule has 0 saturated carbocycles. The maximum absolute atomic E-state index is 12.1. The Hall–Kier alpha value is -1.36. The average molecular weight is 281 g/mol. The monoisotopic (exact) mass is 281 g/mol. The summed E-state index contributed by atoms with van der Waals surface area (Å²) in [5, 5.41) is 2.87. The number of benzene rings is 1. The van der Waals surface area contributed by atoms with Crippen LogP contribution in [0.1, 0.15) is 31.7 Å². The summed E-state index contributed by atoms with van der Waals surface area (Å²) in [4.78, 5) is 12.1. The molecule has 4 nitrogen and oxygen atoms in total. The number of carbonyl (C=O) groups excluding carboxylic acids is 1. The molecule has 0 spiro atoms. The maximum Gasteiger partial charge on any atom is 0.228 e. The molecule has 104 valence electrons. The lowest BCUT2D eigenvalue weighted by molar-refractivity contribution is -0.119. The summed E-state index contributed by atoms with van der Waals surface area (Å²) in [6, 6.07) is 7.64. The minimum absolute atomic E-state index is 0.0251. The van der Waals surface area contributed by atoms with Crippen molar-refractivity contribution in [2.24, 2.45) is 5.92 Å². The lowest BCUT2D eigenvalue weighted by atomic mass is 10.0. The first-order chi connectivity index (χ1) is 8.89. The fourth-order valence-corrected chi connectivity index (χ4v) is 4.09. The maximum atomic E-state index is 12.1. The molecule has 1 amide bonds. The van der Waals surface area contributed by atoms with Crippen LogP contribution in [0.5, 0.6) is 0 Å². The number of amides is 1. The third kappa shape index (κ3) is 3.35. The van der Waals surface area contributed by atoms with E-state index in [1.165, 1.54) is 0 Å². The van der Waals surface area contributed by atoms with Crippen LogP contribution in [0.25, 0.3) is 0 Å². The van der Waals surface area contributed by atoms with Gasteiger partial charge in [0.15, 0.2) is 9.84 Å².